The number of carbonyl (C=O) groups is 1. The summed E-state index contributed by atoms with van der Waals surface area (Å²) in [4.78, 5) is 15.4. The lowest BCUT2D eigenvalue weighted by Gasteiger charge is -2.44. The topological polar surface area (TPSA) is 46.3 Å². The van der Waals surface area contributed by atoms with E-state index in [2.05, 4.69) is 43.0 Å². The van der Waals surface area contributed by atoms with Crippen LogP contribution in [0.25, 0.3) is 0 Å². The Morgan fingerprint density at radius 1 is 1.17 bits per heavy atom. The molecule has 0 aliphatic heterocycles. The minimum atomic E-state index is 0.183. The van der Waals surface area contributed by atoms with Gasteiger partial charge in [-0.25, -0.2) is 0 Å². The molecule has 132 valence electrons. The number of rotatable bonds is 5. The standard InChI is InChI=1S/C21H32N2O/c1-15(2)13-23(14-16-7-4-3-5-8-16)21(24)19-11-17-9-6-10-18(12-19)20(17)22/h3-5,7-8,15,17-20H,6,9-14,22H2,1-2H3. The third kappa shape index (κ3) is 4.00. The molecule has 2 unspecified atom stereocenters. The SMILES string of the molecule is CC(C)CN(Cc1ccccc1)C(=O)C1CC2CCCC(C1)C2N. The fraction of sp³-hybridized carbons (Fsp3) is 0.667. The van der Waals surface area contributed by atoms with Gasteiger partial charge in [0.05, 0.1) is 0 Å². The lowest BCUT2D eigenvalue weighted by molar-refractivity contribution is -0.139. The van der Waals surface area contributed by atoms with E-state index in [4.69, 9.17) is 5.73 Å². The van der Waals surface area contributed by atoms with E-state index < -0.39 is 0 Å². The summed E-state index contributed by atoms with van der Waals surface area (Å²) in [6.45, 7) is 5.95. The van der Waals surface area contributed by atoms with E-state index in [-0.39, 0.29) is 5.92 Å². The van der Waals surface area contributed by atoms with E-state index in [9.17, 15) is 4.79 Å². The fourth-order valence-electron chi connectivity index (χ4n) is 4.73. The molecule has 1 amide bonds. The Labute approximate surface area is 146 Å². The van der Waals surface area contributed by atoms with Gasteiger partial charge < -0.3 is 10.6 Å². The molecule has 0 radical (unpaired) electrons. The Bertz CT molecular complexity index is 528. The Morgan fingerprint density at radius 2 is 1.79 bits per heavy atom. The smallest absolute Gasteiger partial charge is 0.226 e. The van der Waals surface area contributed by atoms with E-state index in [0.717, 1.165) is 25.9 Å². The van der Waals surface area contributed by atoms with Crippen molar-refractivity contribution in [1.29, 1.82) is 0 Å². The van der Waals surface area contributed by atoms with Crippen molar-refractivity contribution in [2.24, 2.45) is 29.4 Å². The van der Waals surface area contributed by atoms with Gasteiger partial charge in [0.15, 0.2) is 0 Å². The van der Waals surface area contributed by atoms with Gasteiger partial charge in [-0.15, -0.1) is 0 Å². The third-order valence-electron chi connectivity index (χ3n) is 5.88. The Morgan fingerprint density at radius 3 is 2.38 bits per heavy atom. The molecule has 24 heavy (non-hydrogen) atoms. The minimum Gasteiger partial charge on any atom is -0.338 e. The molecule has 2 bridgehead atoms. The van der Waals surface area contributed by atoms with Gasteiger partial charge in [0, 0.05) is 25.0 Å². The van der Waals surface area contributed by atoms with Gasteiger partial charge in [-0.1, -0.05) is 50.6 Å². The van der Waals surface area contributed by atoms with E-state index in [1.54, 1.807) is 0 Å². The molecule has 3 rings (SSSR count). The first-order chi connectivity index (χ1) is 11.5. The van der Waals surface area contributed by atoms with Crippen molar-refractivity contribution < 1.29 is 4.79 Å². The molecule has 2 aliphatic carbocycles. The van der Waals surface area contributed by atoms with Crippen LogP contribution in [0.15, 0.2) is 30.3 Å². The maximum Gasteiger partial charge on any atom is 0.226 e. The van der Waals surface area contributed by atoms with Crippen LogP contribution in [0, 0.1) is 23.7 Å². The highest BCUT2D eigenvalue weighted by atomic mass is 16.2. The number of nitrogens with two attached hydrogens (primary N) is 1. The number of benzene rings is 1. The van der Waals surface area contributed by atoms with Crippen molar-refractivity contribution in [2.45, 2.75) is 58.5 Å². The fourth-order valence-corrected chi connectivity index (χ4v) is 4.73. The second kappa shape index (κ2) is 7.69. The van der Waals surface area contributed by atoms with Crippen LogP contribution in [0.3, 0.4) is 0 Å². The largest absolute Gasteiger partial charge is 0.338 e. The van der Waals surface area contributed by atoms with Crippen molar-refractivity contribution in [3.63, 3.8) is 0 Å². The lowest BCUT2D eigenvalue weighted by atomic mass is 9.65. The normalized spacial score (nSPS) is 29.5. The van der Waals surface area contributed by atoms with E-state index >= 15 is 0 Å². The number of amides is 1. The van der Waals surface area contributed by atoms with Crippen LogP contribution in [0.1, 0.15) is 51.5 Å². The van der Waals surface area contributed by atoms with Gasteiger partial charge >= 0.3 is 0 Å². The molecule has 2 aliphatic rings. The Kier molecular flexibility index (Phi) is 5.60. The Hall–Kier alpha value is -1.35. The zero-order valence-electron chi connectivity index (χ0n) is 15.2. The van der Waals surface area contributed by atoms with Crippen molar-refractivity contribution >= 4 is 5.91 Å². The van der Waals surface area contributed by atoms with Crippen LogP contribution in [-0.2, 0) is 11.3 Å². The van der Waals surface area contributed by atoms with E-state index in [0.29, 0.717) is 29.7 Å². The monoisotopic (exact) mass is 328 g/mol. The maximum atomic E-state index is 13.3. The molecule has 2 saturated carbocycles. The summed E-state index contributed by atoms with van der Waals surface area (Å²) in [5.74, 6) is 2.15. The summed E-state index contributed by atoms with van der Waals surface area (Å²) < 4.78 is 0. The molecule has 2 N–H and O–H groups in total. The van der Waals surface area contributed by atoms with E-state index in [1.165, 1.54) is 24.8 Å². The van der Waals surface area contributed by atoms with Crippen molar-refractivity contribution in [3.05, 3.63) is 35.9 Å². The molecule has 1 aromatic rings. The van der Waals surface area contributed by atoms with Gasteiger partial charge in [-0.3, -0.25) is 4.79 Å². The van der Waals surface area contributed by atoms with Crippen LogP contribution in [0.2, 0.25) is 0 Å². The second-order valence-corrected chi connectivity index (χ2v) is 8.29. The molecule has 3 nitrogen and oxygen atoms in total. The molecule has 2 fully saturated rings. The highest BCUT2D eigenvalue weighted by Crippen LogP contribution is 2.42. The highest BCUT2D eigenvalue weighted by Gasteiger charge is 2.41. The summed E-state index contributed by atoms with van der Waals surface area (Å²) in [5.41, 5.74) is 7.62. The van der Waals surface area contributed by atoms with E-state index in [1.807, 2.05) is 6.07 Å². The quantitative estimate of drug-likeness (QED) is 0.893. The number of fused-ring (bicyclic) bond motifs is 2. The van der Waals surface area contributed by atoms with Gasteiger partial charge in [0.25, 0.3) is 0 Å². The molecule has 0 saturated heterocycles. The molecule has 0 aromatic heterocycles. The van der Waals surface area contributed by atoms with Gasteiger partial charge in [0.1, 0.15) is 0 Å². The highest BCUT2D eigenvalue weighted by molar-refractivity contribution is 5.79. The summed E-state index contributed by atoms with van der Waals surface area (Å²) in [7, 11) is 0. The molecule has 0 spiro atoms. The molecule has 0 heterocycles. The molecule has 1 aromatic carbocycles. The minimum absolute atomic E-state index is 0.183. The van der Waals surface area contributed by atoms with Crippen molar-refractivity contribution in [1.82, 2.24) is 4.90 Å². The number of carbonyl (C=O) groups excluding carboxylic acids is 1. The van der Waals surface area contributed by atoms with Crippen molar-refractivity contribution in [3.8, 4) is 0 Å². The third-order valence-corrected chi connectivity index (χ3v) is 5.88. The summed E-state index contributed by atoms with van der Waals surface area (Å²) in [6, 6.07) is 10.7. The van der Waals surface area contributed by atoms with Crippen LogP contribution >= 0.6 is 0 Å². The van der Waals surface area contributed by atoms with Gasteiger partial charge in [-0.2, -0.15) is 0 Å². The summed E-state index contributed by atoms with van der Waals surface area (Å²) >= 11 is 0. The number of hydrogen-bond donors (Lipinski definition) is 1. The molecular formula is C21H32N2O. The van der Waals surface area contributed by atoms with Crippen molar-refractivity contribution in [2.75, 3.05) is 6.54 Å². The van der Waals surface area contributed by atoms with Gasteiger partial charge in [-0.05, 0) is 49.0 Å². The number of hydrogen-bond acceptors (Lipinski definition) is 2. The number of nitrogens with zero attached hydrogens (tertiary/aromatic N) is 1. The van der Waals surface area contributed by atoms with Crippen LogP contribution in [0.4, 0.5) is 0 Å². The van der Waals surface area contributed by atoms with Crippen LogP contribution in [0.5, 0.6) is 0 Å². The predicted molar refractivity (Wildman–Crippen MR) is 98.2 cm³/mol. The maximum absolute atomic E-state index is 13.3. The predicted octanol–water partition coefficient (Wildman–Crippen LogP) is 3.82. The zero-order valence-corrected chi connectivity index (χ0v) is 15.2. The van der Waals surface area contributed by atoms with Gasteiger partial charge in [0.2, 0.25) is 5.91 Å². The first-order valence-electron chi connectivity index (χ1n) is 9.63. The second-order valence-electron chi connectivity index (χ2n) is 8.29. The Balaban J connectivity index is 1.71. The molecule has 2 atom stereocenters. The summed E-state index contributed by atoms with van der Waals surface area (Å²) in [6.07, 6.45) is 5.72. The lowest BCUT2D eigenvalue weighted by Crippen LogP contribution is -2.50. The molecular weight excluding hydrogens is 296 g/mol. The average molecular weight is 329 g/mol. The first kappa shape index (κ1) is 17.5. The summed E-state index contributed by atoms with van der Waals surface area (Å²) in [5, 5.41) is 0. The molecule has 3 heteroatoms. The first-order valence-corrected chi connectivity index (χ1v) is 9.63. The van der Waals surface area contributed by atoms with Crippen LogP contribution in [-0.4, -0.2) is 23.4 Å². The zero-order chi connectivity index (χ0) is 17.1. The van der Waals surface area contributed by atoms with Crippen LogP contribution < -0.4 is 5.73 Å². The average Bonchev–Trinajstić information content (AvgIpc) is 2.54.